The summed E-state index contributed by atoms with van der Waals surface area (Å²) in [5, 5.41) is 3.36. The monoisotopic (exact) mass is 275 g/mol. The molecule has 0 bridgehead atoms. The van der Waals surface area contributed by atoms with E-state index in [0.29, 0.717) is 17.6 Å². The summed E-state index contributed by atoms with van der Waals surface area (Å²) in [5.41, 5.74) is 8.08. The summed E-state index contributed by atoms with van der Waals surface area (Å²) < 4.78 is 0. The van der Waals surface area contributed by atoms with Gasteiger partial charge in [-0.3, -0.25) is 4.79 Å². The number of amides is 1. The minimum Gasteiger partial charge on any atom is -0.372 e. The Labute approximate surface area is 121 Å². The molecule has 1 aliphatic rings. The first-order valence-corrected chi connectivity index (χ1v) is 7.33. The second-order valence-electron chi connectivity index (χ2n) is 5.77. The van der Waals surface area contributed by atoms with Crippen LogP contribution in [-0.2, 0) is 0 Å². The normalized spacial score (nSPS) is 22.6. The largest absolute Gasteiger partial charge is 0.372 e. The van der Waals surface area contributed by atoms with E-state index in [1.54, 1.807) is 0 Å². The van der Waals surface area contributed by atoms with Crippen LogP contribution in [0.2, 0.25) is 0 Å². The van der Waals surface area contributed by atoms with Crippen LogP contribution < -0.4 is 16.0 Å². The molecule has 1 aromatic carbocycles. The number of nitrogens with zero attached hydrogens (tertiary/aromatic N) is 1. The van der Waals surface area contributed by atoms with Crippen molar-refractivity contribution >= 4 is 11.6 Å². The first-order valence-electron chi connectivity index (χ1n) is 7.33. The van der Waals surface area contributed by atoms with Crippen molar-refractivity contribution in [2.24, 2.45) is 5.73 Å². The van der Waals surface area contributed by atoms with Gasteiger partial charge in [-0.15, -0.1) is 0 Å². The predicted octanol–water partition coefficient (Wildman–Crippen LogP) is 2.06. The van der Waals surface area contributed by atoms with Gasteiger partial charge in [-0.05, 0) is 63.4 Å². The number of nitrogens with two attached hydrogens (primary N) is 1. The molecule has 1 saturated carbocycles. The number of aryl methyl sites for hydroxylation is 1. The summed E-state index contributed by atoms with van der Waals surface area (Å²) in [6.45, 7) is 1.94. The number of carbonyl (C=O) groups excluding carboxylic acids is 1. The van der Waals surface area contributed by atoms with Gasteiger partial charge in [0.15, 0.2) is 0 Å². The highest BCUT2D eigenvalue weighted by molar-refractivity contribution is 5.94. The Morgan fingerprint density at radius 1 is 1.30 bits per heavy atom. The van der Waals surface area contributed by atoms with Crippen LogP contribution in [0, 0.1) is 6.92 Å². The van der Waals surface area contributed by atoms with Crippen molar-refractivity contribution in [3.05, 3.63) is 29.3 Å². The topological polar surface area (TPSA) is 58.4 Å². The summed E-state index contributed by atoms with van der Waals surface area (Å²) in [6, 6.07) is 7.14. The number of carbonyl (C=O) groups is 1. The Morgan fingerprint density at radius 2 is 1.95 bits per heavy atom. The molecular formula is C16H25N3O. The summed E-state index contributed by atoms with van der Waals surface area (Å²) >= 11 is 0. The van der Waals surface area contributed by atoms with Crippen molar-refractivity contribution in [1.82, 2.24) is 5.32 Å². The SMILES string of the molecule is CNC1CCC(N(C)c2ccc(C(N)=O)c(C)c2)CC1. The van der Waals surface area contributed by atoms with Gasteiger partial charge in [-0.25, -0.2) is 0 Å². The van der Waals surface area contributed by atoms with Gasteiger partial charge < -0.3 is 16.0 Å². The standard InChI is InChI=1S/C16H25N3O/c1-11-10-14(8-9-15(11)16(17)20)19(3)13-6-4-12(18-2)5-7-13/h8-10,12-13,18H,4-7H2,1-3H3,(H2,17,20). The first kappa shape index (κ1) is 14.9. The average molecular weight is 275 g/mol. The Bertz CT molecular complexity index is 479. The molecule has 0 spiro atoms. The van der Waals surface area contributed by atoms with E-state index in [4.69, 9.17) is 5.73 Å². The molecule has 0 atom stereocenters. The lowest BCUT2D eigenvalue weighted by Gasteiger charge is -2.36. The van der Waals surface area contributed by atoms with E-state index in [0.717, 1.165) is 5.56 Å². The Kier molecular flexibility index (Phi) is 4.65. The molecule has 1 aromatic rings. The number of hydrogen-bond donors (Lipinski definition) is 2. The average Bonchev–Trinajstić information content (AvgIpc) is 2.46. The molecule has 1 amide bonds. The van der Waals surface area contributed by atoms with Crippen molar-refractivity contribution in [2.45, 2.75) is 44.7 Å². The van der Waals surface area contributed by atoms with Crippen molar-refractivity contribution in [3.63, 3.8) is 0 Å². The third-order valence-corrected chi connectivity index (χ3v) is 4.54. The van der Waals surface area contributed by atoms with Gasteiger partial charge >= 0.3 is 0 Å². The maximum atomic E-state index is 11.3. The van der Waals surface area contributed by atoms with Crippen LogP contribution in [0.3, 0.4) is 0 Å². The van der Waals surface area contributed by atoms with Crippen LogP contribution >= 0.6 is 0 Å². The fourth-order valence-electron chi connectivity index (χ4n) is 3.11. The highest BCUT2D eigenvalue weighted by Gasteiger charge is 2.23. The molecule has 1 fully saturated rings. The number of hydrogen-bond acceptors (Lipinski definition) is 3. The number of benzene rings is 1. The number of anilines is 1. The van der Waals surface area contributed by atoms with Gasteiger partial charge in [-0.2, -0.15) is 0 Å². The minimum absolute atomic E-state index is 0.355. The van der Waals surface area contributed by atoms with Gasteiger partial charge in [0.1, 0.15) is 0 Å². The molecule has 0 saturated heterocycles. The summed E-state index contributed by atoms with van der Waals surface area (Å²) in [6.07, 6.45) is 4.87. The highest BCUT2D eigenvalue weighted by Crippen LogP contribution is 2.27. The zero-order chi connectivity index (χ0) is 14.7. The molecule has 3 N–H and O–H groups in total. The minimum atomic E-state index is -0.355. The molecule has 2 rings (SSSR count). The predicted molar refractivity (Wildman–Crippen MR) is 83.2 cm³/mol. The molecule has 1 aliphatic carbocycles. The molecule has 0 radical (unpaired) electrons. The van der Waals surface area contributed by atoms with Gasteiger partial charge in [0.25, 0.3) is 0 Å². The van der Waals surface area contributed by atoms with E-state index in [1.165, 1.54) is 31.4 Å². The van der Waals surface area contributed by atoms with E-state index < -0.39 is 0 Å². The molecule has 0 aliphatic heterocycles. The van der Waals surface area contributed by atoms with Crippen LogP contribution in [0.25, 0.3) is 0 Å². The second kappa shape index (κ2) is 6.27. The van der Waals surface area contributed by atoms with E-state index in [9.17, 15) is 4.79 Å². The molecule has 0 aromatic heterocycles. The Hall–Kier alpha value is -1.55. The van der Waals surface area contributed by atoms with E-state index >= 15 is 0 Å². The molecular weight excluding hydrogens is 250 g/mol. The van der Waals surface area contributed by atoms with Crippen molar-refractivity contribution in [2.75, 3.05) is 19.0 Å². The lowest BCUT2D eigenvalue weighted by Crippen LogP contribution is -2.39. The van der Waals surface area contributed by atoms with E-state index in [-0.39, 0.29) is 5.91 Å². The fourth-order valence-corrected chi connectivity index (χ4v) is 3.11. The number of nitrogens with one attached hydrogen (secondary N) is 1. The van der Waals surface area contributed by atoms with Gasteiger partial charge in [-0.1, -0.05) is 0 Å². The molecule has 110 valence electrons. The maximum Gasteiger partial charge on any atom is 0.248 e. The lowest BCUT2D eigenvalue weighted by atomic mass is 9.90. The Morgan fingerprint density at radius 3 is 2.45 bits per heavy atom. The highest BCUT2D eigenvalue weighted by atomic mass is 16.1. The van der Waals surface area contributed by atoms with Crippen LogP contribution in [-0.4, -0.2) is 32.1 Å². The van der Waals surface area contributed by atoms with Crippen molar-refractivity contribution < 1.29 is 4.79 Å². The van der Waals surface area contributed by atoms with E-state index in [1.807, 2.05) is 26.1 Å². The van der Waals surface area contributed by atoms with Crippen LogP contribution in [0.15, 0.2) is 18.2 Å². The van der Waals surface area contributed by atoms with Gasteiger partial charge in [0.2, 0.25) is 5.91 Å². The van der Waals surface area contributed by atoms with E-state index in [2.05, 4.69) is 23.3 Å². The van der Waals surface area contributed by atoms with Crippen LogP contribution in [0.1, 0.15) is 41.6 Å². The van der Waals surface area contributed by atoms with Crippen molar-refractivity contribution in [3.8, 4) is 0 Å². The zero-order valence-electron chi connectivity index (χ0n) is 12.6. The van der Waals surface area contributed by atoms with Crippen molar-refractivity contribution in [1.29, 1.82) is 0 Å². The number of rotatable bonds is 4. The lowest BCUT2D eigenvalue weighted by molar-refractivity contribution is 0.0999. The molecule has 4 nitrogen and oxygen atoms in total. The first-order chi connectivity index (χ1) is 9.52. The molecule has 0 unspecified atom stereocenters. The van der Waals surface area contributed by atoms with Gasteiger partial charge in [0.05, 0.1) is 0 Å². The summed E-state index contributed by atoms with van der Waals surface area (Å²) in [5.74, 6) is -0.355. The Balaban J connectivity index is 2.08. The third-order valence-electron chi connectivity index (χ3n) is 4.54. The smallest absolute Gasteiger partial charge is 0.248 e. The summed E-state index contributed by atoms with van der Waals surface area (Å²) in [7, 11) is 4.18. The van der Waals surface area contributed by atoms with Crippen LogP contribution in [0.4, 0.5) is 5.69 Å². The zero-order valence-corrected chi connectivity index (χ0v) is 12.6. The number of primary amides is 1. The fraction of sp³-hybridized carbons (Fsp3) is 0.562. The molecule has 4 heteroatoms. The second-order valence-corrected chi connectivity index (χ2v) is 5.77. The molecule has 20 heavy (non-hydrogen) atoms. The molecule has 0 heterocycles. The van der Waals surface area contributed by atoms with Gasteiger partial charge in [0, 0.05) is 30.4 Å². The quantitative estimate of drug-likeness (QED) is 0.884. The van der Waals surface area contributed by atoms with Crippen LogP contribution in [0.5, 0.6) is 0 Å². The summed E-state index contributed by atoms with van der Waals surface area (Å²) in [4.78, 5) is 13.6. The third kappa shape index (κ3) is 3.12. The maximum absolute atomic E-state index is 11.3.